The van der Waals surface area contributed by atoms with Gasteiger partial charge in [-0.2, -0.15) is 0 Å². The largest absolute Gasteiger partial charge is 0.497 e. The standard InChI is InChI=1S/C18H25N3O3/c1-13-5-3-4-10-20(13)18(23)19-14-11-17(22)21(12-14)15-6-8-16(24-2)9-7-15/h6-9,13-14H,3-5,10-12H2,1-2H3,(H,19,23)/t13-,14+/m1/s1. The van der Waals surface area contributed by atoms with E-state index in [1.165, 1.54) is 6.42 Å². The van der Waals surface area contributed by atoms with Gasteiger partial charge in [0, 0.05) is 31.2 Å². The van der Waals surface area contributed by atoms with Crippen LogP contribution in [0.1, 0.15) is 32.6 Å². The van der Waals surface area contributed by atoms with E-state index in [0.717, 1.165) is 30.8 Å². The molecule has 2 aliphatic heterocycles. The lowest BCUT2D eigenvalue weighted by Gasteiger charge is -2.34. The highest BCUT2D eigenvalue weighted by Crippen LogP contribution is 2.24. The van der Waals surface area contributed by atoms with Crippen LogP contribution in [0.3, 0.4) is 0 Å². The minimum absolute atomic E-state index is 0.0390. The first-order valence-electron chi connectivity index (χ1n) is 8.60. The number of amides is 3. The van der Waals surface area contributed by atoms with E-state index in [-0.39, 0.29) is 24.0 Å². The molecule has 24 heavy (non-hydrogen) atoms. The Morgan fingerprint density at radius 1 is 1.25 bits per heavy atom. The minimum Gasteiger partial charge on any atom is -0.497 e. The van der Waals surface area contributed by atoms with Gasteiger partial charge < -0.3 is 19.9 Å². The maximum Gasteiger partial charge on any atom is 0.317 e. The summed E-state index contributed by atoms with van der Waals surface area (Å²) < 4.78 is 5.14. The summed E-state index contributed by atoms with van der Waals surface area (Å²) in [5.41, 5.74) is 0.837. The first-order chi connectivity index (χ1) is 11.6. The molecule has 1 aromatic rings. The topological polar surface area (TPSA) is 61.9 Å². The fourth-order valence-corrected chi connectivity index (χ4v) is 3.47. The van der Waals surface area contributed by atoms with Crippen LogP contribution in [0.4, 0.5) is 10.5 Å². The second-order valence-electron chi connectivity index (χ2n) is 6.59. The van der Waals surface area contributed by atoms with Gasteiger partial charge in [0.05, 0.1) is 13.2 Å². The monoisotopic (exact) mass is 331 g/mol. The van der Waals surface area contributed by atoms with Crippen molar-refractivity contribution in [1.29, 1.82) is 0 Å². The maximum absolute atomic E-state index is 12.5. The van der Waals surface area contributed by atoms with E-state index in [9.17, 15) is 9.59 Å². The average Bonchev–Trinajstić information content (AvgIpc) is 2.95. The number of hydrogen-bond donors (Lipinski definition) is 1. The minimum atomic E-state index is -0.138. The zero-order chi connectivity index (χ0) is 17.1. The fourth-order valence-electron chi connectivity index (χ4n) is 3.47. The third-order valence-electron chi connectivity index (χ3n) is 4.90. The van der Waals surface area contributed by atoms with Crippen molar-refractivity contribution >= 4 is 17.6 Å². The molecule has 2 atom stereocenters. The summed E-state index contributed by atoms with van der Waals surface area (Å²) in [6, 6.07) is 7.50. The van der Waals surface area contributed by atoms with E-state index in [1.54, 1.807) is 12.0 Å². The van der Waals surface area contributed by atoms with Gasteiger partial charge in [0.25, 0.3) is 0 Å². The van der Waals surface area contributed by atoms with E-state index in [1.807, 2.05) is 29.2 Å². The van der Waals surface area contributed by atoms with Crippen LogP contribution in [-0.4, -0.2) is 49.1 Å². The first kappa shape index (κ1) is 16.6. The molecule has 0 bridgehead atoms. The molecule has 0 spiro atoms. The van der Waals surface area contributed by atoms with Crippen molar-refractivity contribution in [2.24, 2.45) is 0 Å². The molecule has 1 N–H and O–H groups in total. The lowest BCUT2D eigenvalue weighted by molar-refractivity contribution is -0.117. The molecule has 6 heteroatoms. The third-order valence-corrected chi connectivity index (χ3v) is 4.90. The summed E-state index contributed by atoms with van der Waals surface area (Å²) in [6.07, 6.45) is 3.63. The molecule has 2 fully saturated rings. The number of ether oxygens (including phenoxy) is 1. The van der Waals surface area contributed by atoms with E-state index >= 15 is 0 Å². The van der Waals surface area contributed by atoms with Gasteiger partial charge >= 0.3 is 6.03 Å². The zero-order valence-corrected chi connectivity index (χ0v) is 14.3. The molecule has 6 nitrogen and oxygen atoms in total. The van der Waals surface area contributed by atoms with Gasteiger partial charge in [-0.25, -0.2) is 4.79 Å². The van der Waals surface area contributed by atoms with Gasteiger partial charge in [0.2, 0.25) is 5.91 Å². The van der Waals surface area contributed by atoms with Gasteiger partial charge in [-0.1, -0.05) is 0 Å². The Hall–Kier alpha value is -2.24. The van der Waals surface area contributed by atoms with Crippen molar-refractivity contribution in [2.45, 2.75) is 44.7 Å². The van der Waals surface area contributed by atoms with Gasteiger partial charge in [0.15, 0.2) is 0 Å². The van der Waals surface area contributed by atoms with Crippen LogP contribution in [0.25, 0.3) is 0 Å². The fraction of sp³-hybridized carbons (Fsp3) is 0.556. The van der Waals surface area contributed by atoms with E-state index in [4.69, 9.17) is 4.74 Å². The van der Waals surface area contributed by atoms with Crippen LogP contribution in [0, 0.1) is 0 Å². The Morgan fingerprint density at radius 2 is 2.00 bits per heavy atom. The highest BCUT2D eigenvalue weighted by Gasteiger charge is 2.33. The molecule has 2 saturated heterocycles. The molecule has 0 saturated carbocycles. The summed E-state index contributed by atoms with van der Waals surface area (Å²) in [6.45, 7) is 3.40. The van der Waals surface area contributed by atoms with Crippen molar-refractivity contribution in [3.8, 4) is 5.75 Å². The molecule has 130 valence electrons. The van der Waals surface area contributed by atoms with E-state index in [2.05, 4.69) is 12.2 Å². The average molecular weight is 331 g/mol. The molecule has 0 radical (unpaired) electrons. The molecule has 0 aliphatic carbocycles. The summed E-state index contributed by atoms with van der Waals surface area (Å²) in [4.78, 5) is 28.4. The molecule has 0 aromatic heterocycles. The molecule has 3 amide bonds. The number of methoxy groups -OCH3 is 1. The van der Waals surface area contributed by atoms with Crippen molar-refractivity contribution < 1.29 is 14.3 Å². The molecule has 1 aromatic carbocycles. The lowest BCUT2D eigenvalue weighted by Crippen LogP contribution is -2.50. The predicted octanol–water partition coefficient (Wildman–Crippen LogP) is 2.38. The van der Waals surface area contributed by atoms with Crippen LogP contribution >= 0.6 is 0 Å². The van der Waals surface area contributed by atoms with Crippen LogP contribution in [0.15, 0.2) is 24.3 Å². The smallest absolute Gasteiger partial charge is 0.317 e. The third kappa shape index (κ3) is 3.47. The second kappa shape index (κ2) is 7.11. The number of rotatable bonds is 3. The SMILES string of the molecule is COc1ccc(N2C[C@@H](NC(=O)N3CCCC[C@H]3C)CC2=O)cc1. The number of piperidine rings is 1. The number of likely N-dealkylation sites (tertiary alicyclic amines) is 1. The summed E-state index contributed by atoms with van der Waals surface area (Å²) >= 11 is 0. The zero-order valence-electron chi connectivity index (χ0n) is 14.3. The highest BCUT2D eigenvalue weighted by atomic mass is 16.5. The Kier molecular flexibility index (Phi) is 4.92. The Labute approximate surface area is 142 Å². The summed E-state index contributed by atoms with van der Waals surface area (Å²) in [7, 11) is 1.61. The number of carbonyl (C=O) groups is 2. The Bertz CT molecular complexity index is 602. The van der Waals surface area contributed by atoms with Crippen LogP contribution in [-0.2, 0) is 4.79 Å². The van der Waals surface area contributed by atoms with Gasteiger partial charge in [-0.3, -0.25) is 4.79 Å². The van der Waals surface area contributed by atoms with Crippen molar-refractivity contribution in [3.63, 3.8) is 0 Å². The van der Waals surface area contributed by atoms with Crippen molar-refractivity contribution in [3.05, 3.63) is 24.3 Å². The van der Waals surface area contributed by atoms with Crippen LogP contribution in [0.5, 0.6) is 5.75 Å². The number of carbonyl (C=O) groups excluding carboxylic acids is 2. The molecular formula is C18H25N3O3. The maximum atomic E-state index is 12.5. The van der Waals surface area contributed by atoms with E-state index < -0.39 is 0 Å². The number of hydrogen-bond acceptors (Lipinski definition) is 3. The van der Waals surface area contributed by atoms with Crippen LogP contribution in [0.2, 0.25) is 0 Å². The Balaban J connectivity index is 1.60. The molecular weight excluding hydrogens is 306 g/mol. The van der Waals surface area contributed by atoms with E-state index in [0.29, 0.717) is 13.0 Å². The second-order valence-corrected chi connectivity index (χ2v) is 6.59. The number of anilines is 1. The van der Waals surface area contributed by atoms with Gasteiger partial charge in [-0.15, -0.1) is 0 Å². The first-order valence-corrected chi connectivity index (χ1v) is 8.60. The number of urea groups is 1. The van der Waals surface area contributed by atoms with Crippen LogP contribution < -0.4 is 15.0 Å². The molecule has 2 aliphatic rings. The predicted molar refractivity (Wildman–Crippen MR) is 92.3 cm³/mol. The number of benzene rings is 1. The van der Waals surface area contributed by atoms with Crippen molar-refractivity contribution in [1.82, 2.24) is 10.2 Å². The number of nitrogens with one attached hydrogen (secondary N) is 1. The Morgan fingerprint density at radius 3 is 2.67 bits per heavy atom. The summed E-state index contributed by atoms with van der Waals surface area (Å²) in [5.74, 6) is 0.798. The molecule has 3 rings (SSSR count). The summed E-state index contributed by atoms with van der Waals surface area (Å²) in [5, 5.41) is 3.03. The molecule has 0 unspecified atom stereocenters. The normalized spacial score (nSPS) is 24.2. The van der Waals surface area contributed by atoms with Gasteiger partial charge in [0.1, 0.15) is 5.75 Å². The van der Waals surface area contributed by atoms with Crippen molar-refractivity contribution in [2.75, 3.05) is 25.1 Å². The van der Waals surface area contributed by atoms with Gasteiger partial charge in [-0.05, 0) is 50.5 Å². The molecule has 2 heterocycles. The quantitative estimate of drug-likeness (QED) is 0.925. The number of nitrogens with zero attached hydrogens (tertiary/aromatic N) is 2. The lowest BCUT2D eigenvalue weighted by atomic mass is 10.0. The highest BCUT2D eigenvalue weighted by molar-refractivity contribution is 5.96.